The maximum atomic E-state index is 10.7. The van der Waals surface area contributed by atoms with Crippen molar-refractivity contribution in [1.82, 2.24) is 5.32 Å². The molecule has 0 aliphatic heterocycles. The number of methoxy groups -OCH3 is 1. The molecule has 0 radical (unpaired) electrons. The van der Waals surface area contributed by atoms with Gasteiger partial charge in [-0.05, 0) is 0 Å². The summed E-state index contributed by atoms with van der Waals surface area (Å²) in [5.41, 5.74) is 0. The van der Waals surface area contributed by atoms with Crippen LogP contribution in [-0.4, -0.2) is 36.6 Å². The van der Waals surface area contributed by atoms with Crippen LogP contribution in [0.1, 0.15) is 0 Å². The minimum Gasteiger partial charge on any atom is -0.480 e. The third-order valence-corrected chi connectivity index (χ3v) is 0.986. The number of amides is 1. The lowest BCUT2D eigenvalue weighted by atomic mass is 10.4. The summed E-state index contributed by atoms with van der Waals surface area (Å²) in [4.78, 5) is 31.1. The second kappa shape index (κ2) is 5.76. The number of esters is 1. The van der Waals surface area contributed by atoms with Gasteiger partial charge in [0.2, 0.25) is 5.91 Å². The van der Waals surface area contributed by atoms with Crippen molar-refractivity contribution < 1.29 is 24.2 Å². The van der Waals surface area contributed by atoms with Crippen molar-refractivity contribution >= 4 is 17.8 Å². The number of hydrogen-bond acceptors (Lipinski definition) is 4. The van der Waals surface area contributed by atoms with Gasteiger partial charge in [-0.1, -0.05) is 0 Å². The number of carbonyl (C=O) groups is 3. The van der Waals surface area contributed by atoms with Gasteiger partial charge in [-0.25, -0.2) is 4.79 Å². The number of carboxylic acid groups (broad SMARTS) is 1. The van der Waals surface area contributed by atoms with Crippen LogP contribution >= 0.6 is 0 Å². The van der Waals surface area contributed by atoms with Crippen molar-refractivity contribution in [3.8, 4) is 0 Å². The molecule has 0 fully saturated rings. The Morgan fingerprint density at radius 1 is 1.38 bits per heavy atom. The summed E-state index contributed by atoms with van der Waals surface area (Å²) in [5, 5.41) is 10.2. The van der Waals surface area contributed by atoms with Gasteiger partial charge in [0, 0.05) is 12.2 Å². The van der Waals surface area contributed by atoms with Crippen molar-refractivity contribution in [2.45, 2.75) is 0 Å². The van der Waals surface area contributed by atoms with Crippen molar-refractivity contribution in [3.63, 3.8) is 0 Å². The van der Waals surface area contributed by atoms with Crippen molar-refractivity contribution in [2.75, 3.05) is 13.7 Å². The topological polar surface area (TPSA) is 92.7 Å². The fourth-order valence-electron chi connectivity index (χ4n) is 0.433. The van der Waals surface area contributed by atoms with Crippen LogP contribution in [0.3, 0.4) is 0 Å². The van der Waals surface area contributed by atoms with Gasteiger partial charge >= 0.3 is 11.9 Å². The molecule has 72 valence electrons. The number of ether oxygens (including phenoxy) is 1. The maximum Gasteiger partial charge on any atom is 0.330 e. The summed E-state index contributed by atoms with van der Waals surface area (Å²) >= 11 is 0. The number of carbonyl (C=O) groups excluding carboxylic acids is 2. The molecule has 0 rings (SSSR count). The Hall–Kier alpha value is -1.85. The fraction of sp³-hybridized carbons (Fsp3) is 0.286. The number of rotatable bonds is 4. The lowest BCUT2D eigenvalue weighted by Crippen LogP contribution is -2.27. The Morgan fingerprint density at radius 3 is 2.46 bits per heavy atom. The van der Waals surface area contributed by atoms with Crippen LogP contribution in [-0.2, 0) is 19.1 Å². The Labute approximate surface area is 74.2 Å². The lowest BCUT2D eigenvalue weighted by molar-refractivity contribution is -0.137. The zero-order valence-corrected chi connectivity index (χ0v) is 6.94. The lowest BCUT2D eigenvalue weighted by Gasteiger charge is -1.95. The standard InChI is InChI=1S/C7H9NO5/c1-13-7(12)3-2-5(9)8-4-6(10)11/h2-3H,4H2,1H3,(H,8,9)(H,10,11). The van der Waals surface area contributed by atoms with Crippen molar-refractivity contribution in [1.29, 1.82) is 0 Å². The van der Waals surface area contributed by atoms with E-state index in [1.54, 1.807) is 0 Å². The first-order valence-corrected chi connectivity index (χ1v) is 3.32. The molecule has 2 N–H and O–H groups in total. The molecule has 0 aliphatic rings. The van der Waals surface area contributed by atoms with E-state index in [1.807, 2.05) is 5.32 Å². The predicted molar refractivity (Wildman–Crippen MR) is 41.8 cm³/mol. The van der Waals surface area contributed by atoms with Gasteiger partial charge in [-0.3, -0.25) is 9.59 Å². The molecule has 0 aromatic rings. The molecular weight excluding hydrogens is 178 g/mol. The molecule has 0 aromatic heterocycles. The smallest absolute Gasteiger partial charge is 0.330 e. The number of carboxylic acids is 1. The normalized spacial score (nSPS) is 9.62. The molecule has 0 atom stereocenters. The van der Waals surface area contributed by atoms with Crippen LogP contribution in [0, 0.1) is 0 Å². The second-order valence-electron chi connectivity index (χ2n) is 1.97. The number of hydrogen-bond donors (Lipinski definition) is 2. The molecule has 0 aliphatic carbocycles. The Balaban J connectivity index is 3.80. The van der Waals surface area contributed by atoms with E-state index in [0.29, 0.717) is 0 Å². The summed E-state index contributed by atoms with van der Waals surface area (Å²) < 4.78 is 4.20. The van der Waals surface area contributed by atoms with E-state index in [4.69, 9.17) is 5.11 Å². The molecule has 6 heteroatoms. The fourth-order valence-corrected chi connectivity index (χ4v) is 0.433. The molecule has 0 bridgehead atoms. The van der Waals surface area contributed by atoms with E-state index in [1.165, 1.54) is 7.11 Å². The molecule has 0 unspecified atom stereocenters. The monoisotopic (exact) mass is 187 g/mol. The van der Waals surface area contributed by atoms with E-state index >= 15 is 0 Å². The second-order valence-corrected chi connectivity index (χ2v) is 1.97. The summed E-state index contributed by atoms with van der Waals surface area (Å²) in [6, 6.07) is 0. The van der Waals surface area contributed by atoms with Crippen molar-refractivity contribution in [2.24, 2.45) is 0 Å². The van der Waals surface area contributed by atoms with Gasteiger partial charge in [-0.15, -0.1) is 0 Å². The highest BCUT2D eigenvalue weighted by Gasteiger charge is 2.00. The highest BCUT2D eigenvalue weighted by Crippen LogP contribution is 1.78. The summed E-state index contributed by atoms with van der Waals surface area (Å²) in [6.45, 7) is -0.482. The Bertz CT molecular complexity index is 245. The van der Waals surface area contributed by atoms with Crippen LogP contribution < -0.4 is 5.32 Å². The molecule has 13 heavy (non-hydrogen) atoms. The quantitative estimate of drug-likeness (QED) is 0.431. The van der Waals surface area contributed by atoms with Gasteiger partial charge in [-0.2, -0.15) is 0 Å². The van der Waals surface area contributed by atoms with Crippen LogP contribution in [0.4, 0.5) is 0 Å². The molecule has 6 nitrogen and oxygen atoms in total. The van der Waals surface area contributed by atoms with Gasteiger partial charge in [0.25, 0.3) is 0 Å². The summed E-state index contributed by atoms with van der Waals surface area (Å²) in [6.07, 6.45) is 1.80. The Morgan fingerprint density at radius 2 is 2.00 bits per heavy atom. The molecule has 0 spiro atoms. The van der Waals surface area contributed by atoms with Crippen LogP contribution in [0.25, 0.3) is 0 Å². The predicted octanol–water partition coefficient (Wildman–Crippen LogP) is -1.08. The van der Waals surface area contributed by atoms with E-state index in [-0.39, 0.29) is 0 Å². The molecule has 0 saturated carbocycles. The average molecular weight is 187 g/mol. The highest BCUT2D eigenvalue weighted by atomic mass is 16.5. The van der Waals surface area contributed by atoms with Crippen LogP contribution in [0.15, 0.2) is 12.2 Å². The summed E-state index contributed by atoms with van der Waals surface area (Å²) in [5.74, 6) is -2.49. The molecule has 0 saturated heterocycles. The molecule has 1 amide bonds. The first-order valence-electron chi connectivity index (χ1n) is 3.32. The first kappa shape index (κ1) is 11.2. The number of nitrogens with one attached hydrogen (secondary N) is 1. The zero-order valence-electron chi connectivity index (χ0n) is 6.94. The van der Waals surface area contributed by atoms with E-state index in [2.05, 4.69) is 4.74 Å². The van der Waals surface area contributed by atoms with E-state index in [9.17, 15) is 14.4 Å². The first-order chi connectivity index (χ1) is 6.06. The van der Waals surface area contributed by atoms with E-state index in [0.717, 1.165) is 12.2 Å². The van der Waals surface area contributed by atoms with E-state index < -0.39 is 24.4 Å². The molecule has 0 heterocycles. The largest absolute Gasteiger partial charge is 0.480 e. The molecular formula is C7H9NO5. The van der Waals surface area contributed by atoms with Gasteiger partial charge in [0.1, 0.15) is 6.54 Å². The Kier molecular flexibility index (Phi) is 4.94. The minimum absolute atomic E-state index is 0.482. The SMILES string of the molecule is COC(=O)C=CC(=O)NCC(=O)O. The van der Waals surface area contributed by atoms with Gasteiger partial charge in [0.15, 0.2) is 0 Å². The van der Waals surface area contributed by atoms with Crippen molar-refractivity contribution in [3.05, 3.63) is 12.2 Å². The van der Waals surface area contributed by atoms with Crippen LogP contribution in [0.2, 0.25) is 0 Å². The highest BCUT2D eigenvalue weighted by molar-refractivity contribution is 5.95. The zero-order chi connectivity index (χ0) is 10.3. The van der Waals surface area contributed by atoms with Gasteiger partial charge < -0.3 is 15.2 Å². The maximum absolute atomic E-state index is 10.7. The van der Waals surface area contributed by atoms with Gasteiger partial charge in [0.05, 0.1) is 7.11 Å². The third kappa shape index (κ3) is 6.54. The third-order valence-electron chi connectivity index (χ3n) is 0.986. The molecule has 0 aromatic carbocycles. The summed E-state index contributed by atoms with van der Waals surface area (Å²) in [7, 11) is 1.17. The number of aliphatic carboxylic acids is 1. The average Bonchev–Trinajstić information content (AvgIpc) is 2.10. The minimum atomic E-state index is -1.15. The van der Waals surface area contributed by atoms with Crippen LogP contribution in [0.5, 0.6) is 0 Å².